The van der Waals surface area contributed by atoms with Crippen molar-refractivity contribution in [2.24, 2.45) is 5.41 Å². The number of nitrogens with zero attached hydrogens (tertiary/aromatic N) is 1. The summed E-state index contributed by atoms with van der Waals surface area (Å²) in [5, 5.41) is 12.0. The van der Waals surface area contributed by atoms with Crippen LogP contribution in [0.3, 0.4) is 0 Å². The molecule has 2 rings (SSSR count). The zero-order chi connectivity index (χ0) is 13.0. The molecule has 1 amide bonds. The molecule has 96 valence electrons. The molecule has 1 saturated carbocycles. The zero-order valence-corrected chi connectivity index (χ0v) is 10.6. The summed E-state index contributed by atoms with van der Waals surface area (Å²) < 4.78 is 5.24. The summed E-state index contributed by atoms with van der Waals surface area (Å²) >= 11 is 0. The van der Waals surface area contributed by atoms with Gasteiger partial charge in [0.05, 0.1) is 12.3 Å². The van der Waals surface area contributed by atoms with E-state index >= 15 is 0 Å². The van der Waals surface area contributed by atoms with Gasteiger partial charge >= 0.3 is 0 Å². The number of amides is 1. The van der Waals surface area contributed by atoms with Crippen LogP contribution in [-0.2, 0) is 11.2 Å². The van der Waals surface area contributed by atoms with Gasteiger partial charge in [0.25, 0.3) is 0 Å². The summed E-state index contributed by atoms with van der Waals surface area (Å²) in [5.74, 6) is 0.818. The van der Waals surface area contributed by atoms with Crippen LogP contribution in [0.25, 0.3) is 0 Å². The van der Waals surface area contributed by atoms with Gasteiger partial charge in [-0.05, 0) is 44.7 Å². The minimum absolute atomic E-state index is 0.0634. The largest absolute Gasteiger partial charge is 0.469 e. The Morgan fingerprint density at radius 3 is 2.94 bits per heavy atom. The summed E-state index contributed by atoms with van der Waals surface area (Å²) in [7, 11) is 0. The molecule has 0 saturated heterocycles. The molecule has 1 aliphatic carbocycles. The Hall–Kier alpha value is -1.76. The van der Waals surface area contributed by atoms with Crippen LogP contribution in [0.5, 0.6) is 0 Å². The Kier molecular flexibility index (Phi) is 3.71. The first-order chi connectivity index (χ1) is 8.66. The number of nitriles is 1. The minimum atomic E-state index is -0.751. The second-order valence-electron chi connectivity index (χ2n) is 5.04. The third-order valence-corrected chi connectivity index (χ3v) is 3.64. The van der Waals surface area contributed by atoms with E-state index in [1.807, 2.05) is 19.1 Å². The van der Waals surface area contributed by atoms with Gasteiger partial charge in [0.1, 0.15) is 11.2 Å². The van der Waals surface area contributed by atoms with E-state index in [0.29, 0.717) is 12.8 Å². The molecule has 1 heterocycles. The van der Waals surface area contributed by atoms with Crippen molar-refractivity contribution in [3.05, 3.63) is 24.2 Å². The molecule has 1 atom stereocenters. The molecule has 0 radical (unpaired) electrons. The topological polar surface area (TPSA) is 66.0 Å². The standard InChI is InChI=1S/C14H18N2O2/c1-11(5-6-12-4-2-9-18-12)16-13(17)14(10-15)7-3-8-14/h2,4,9,11H,3,5-8H2,1H3,(H,16,17). The molecule has 1 aromatic rings. The van der Waals surface area contributed by atoms with Crippen LogP contribution >= 0.6 is 0 Å². The van der Waals surface area contributed by atoms with E-state index in [1.54, 1.807) is 6.26 Å². The van der Waals surface area contributed by atoms with Crippen molar-refractivity contribution < 1.29 is 9.21 Å². The fourth-order valence-electron chi connectivity index (χ4n) is 2.17. The number of furan rings is 1. The maximum atomic E-state index is 12.0. The van der Waals surface area contributed by atoms with Crippen molar-refractivity contribution in [1.82, 2.24) is 5.32 Å². The average molecular weight is 246 g/mol. The van der Waals surface area contributed by atoms with Crippen LogP contribution in [0.4, 0.5) is 0 Å². The van der Waals surface area contributed by atoms with Crippen LogP contribution in [0.15, 0.2) is 22.8 Å². The molecule has 4 heteroatoms. The first kappa shape index (κ1) is 12.7. The van der Waals surface area contributed by atoms with Crippen LogP contribution in [-0.4, -0.2) is 11.9 Å². The second kappa shape index (κ2) is 5.26. The highest BCUT2D eigenvalue weighted by Crippen LogP contribution is 2.40. The van der Waals surface area contributed by atoms with Crippen molar-refractivity contribution >= 4 is 5.91 Å². The number of rotatable bonds is 5. The van der Waals surface area contributed by atoms with Crippen LogP contribution in [0, 0.1) is 16.7 Å². The highest BCUT2D eigenvalue weighted by molar-refractivity contribution is 5.86. The summed E-state index contributed by atoms with van der Waals surface area (Å²) in [4.78, 5) is 12.0. The summed E-state index contributed by atoms with van der Waals surface area (Å²) in [6.07, 6.45) is 5.63. The van der Waals surface area contributed by atoms with Crippen LogP contribution in [0.1, 0.15) is 38.4 Å². The number of aryl methyl sites for hydroxylation is 1. The highest BCUT2D eigenvalue weighted by atomic mass is 16.3. The van der Waals surface area contributed by atoms with Crippen LogP contribution in [0.2, 0.25) is 0 Å². The molecule has 18 heavy (non-hydrogen) atoms. The van der Waals surface area contributed by atoms with Gasteiger partial charge in [-0.3, -0.25) is 4.79 Å². The third-order valence-electron chi connectivity index (χ3n) is 3.64. The molecule has 1 aliphatic rings. The lowest BCUT2D eigenvalue weighted by Gasteiger charge is -2.34. The molecule has 1 fully saturated rings. The van der Waals surface area contributed by atoms with Crippen molar-refractivity contribution in [2.75, 3.05) is 0 Å². The SMILES string of the molecule is CC(CCc1ccco1)NC(=O)C1(C#N)CCC1. The zero-order valence-electron chi connectivity index (χ0n) is 10.6. The fourth-order valence-corrected chi connectivity index (χ4v) is 2.17. The van der Waals surface area contributed by atoms with Gasteiger partial charge in [-0.1, -0.05) is 0 Å². The van der Waals surface area contributed by atoms with Crippen molar-refractivity contribution in [3.8, 4) is 6.07 Å². The molecule has 1 N–H and O–H groups in total. The van der Waals surface area contributed by atoms with E-state index in [-0.39, 0.29) is 11.9 Å². The number of hydrogen-bond donors (Lipinski definition) is 1. The Morgan fingerprint density at radius 2 is 2.44 bits per heavy atom. The van der Waals surface area contributed by atoms with Gasteiger partial charge in [0, 0.05) is 12.5 Å². The van der Waals surface area contributed by atoms with Gasteiger partial charge in [0.2, 0.25) is 5.91 Å². The molecule has 1 unspecified atom stereocenters. The number of carbonyl (C=O) groups is 1. The summed E-state index contributed by atoms with van der Waals surface area (Å²) in [6, 6.07) is 6.01. The van der Waals surface area contributed by atoms with E-state index < -0.39 is 5.41 Å². The van der Waals surface area contributed by atoms with Gasteiger partial charge in [-0.25, -0.2) is 0 Å². The Labute approximate surface area is 107 Å². The lowest BCUT2D eigenvalue weighted by atomic mass is 9.69. The lowest BCUT2D eigenvalue weighted by Crippen LogP contribution is -2.47. The van der Waals surface area contributed by atoms with Gasteiger partial charge < -0.3 is 9.73 Å². The maximum Gasteiger partial charge on any atom is 0.240 e. The summed E-state index contributed by atoms with van der Waals surface area (Å²) in [6.45, 7) is 1.96. The molecule has 0 spiro atoms. The monoisotopic (exact) mass is 246 g/mol. The molecule has 0 aliphatic heterocycles. The van der Waals surface area contributed by atoms with Crippen molar-refractivity contribution in [1.29, 1.82) is 5.26 Å². The van der Waals surface area contributed by atoms with Gasteiger partial charge in [-0.2, -0.15) is 5.26 Å². The van der Waals surface area contributed by atoms with E-state index in [9.17, 15) is 4.79 Å². The minimum Gasteiger partial charge on any atom is -0.469 e. The normalized spacial score (nSPS) is 18.4. The molecular formula is C14H18N2O2. The first-order valence-corrected chi connectivity index (χ1v) is 6.41. The van der Waals surface area contributed by atoms with E-state index in [4.69, 9.17) is 9.68 Å². The number of carbonyl (C=O) groups excluding carboxylic acids is 1. The third kappa shape index (κ3) is 2.56. The smallest absolute Gasteiger partial charge is 0.240 e. The molecule has 0 bridgehead atoms. The Bertz CT molecular complexity index is 441. The quantitative estimate of drug-likeness (QED) is 0.867. The lowest BCUT2D eigenvalue weighted by molar-refractivity contribution is -0.132. The van der Waals surface area contributed by atoms with Crippen molar-refractivity contribution in [2.45, 2.75) is 45.1 Å². The highest BCUT2D eigenvalue weighted by Gasteiger charge is 2.44. The van der Waals surface area contributed by atoms with E-state index in [1.165, 1.54) is 0 Å². The van der Waals surface area contributed by atoms with Crippen LogP contribution < -0.4 is 5.32 Å². The average Bonchev–Trinajstić information content (AvgIpc) is 2.78. The van der Waals surface area contributed by atoms with Gasteiger partial charge in [-0.15, -0.1) is 0 Å². The maximum absolute atomic E-state index is 12.0. The molecule has 4 nitrogen and oxygen atoms in total. The predicted molar refractivity (Wildman–Crippen MR) is 66.5 cm³/mol. The molecule has 1 aromatic heterocycles. The fraction of sp³-hybridized carbons (Fsp3) is 0.571. The second-order valence-corrected chi connectivity index (χ2v) is 5.04. The van der Waals surface area contributed by atoms with E-state index in [2.05, 4.69) is 11.4 Å². The summed E-state index contributed by atoms with van der Waals surface area (Å²) in [5.41, 5.74) is -0.751. The Balaban J connectivity index is 1.79. The number of hydrogen-bond acceptors (Lipinski definition) is 3. The first-order valence-electron chi connectivity index (χ1n) is 6.41. The van der Waals surface area contributed by atoms with Gasteiger partial charge in [0.15, 0.2) is 0 Å². The van der Waals surface area contributed by atoms with E-state index in [0.717, 1.165) is 25.0 Å². The molecule has 0 aromatic carbocycles. The predicted octanol–water partition coefficient (Wildman–Crippen LogP) is 2.41. The number of nitrogens with one attached hydrogen (secondary N) is 1. The Morgan fingerprint density at radius 1 is 1.67 bits per heavy atom. The molecular weight excluding hydrogens is 228 g/mol. The van der Waals surface area contributed by atoms with Crippen molar-refractivity contribution in [3.63, 3.8) is 0 Å².